The Morgan fingerprint density at radius 3 is 2.43 bits per heavy atom. The Labute approximate surface area is 200 Å². The number of hydrogen-bond donors (Lipinski definition) is 3. The summed E-state index contributed by atoms with van der Waals surface area (Å²) in [6.07, 6.45) is 0. The van der Waals surface area contributed by atoms with E-state index in [0.717, 1.165) is 16.8 Å². The number of halogens is 1. The summed E-state index contributed by atoms with van der Waals surface area (Å²) in [6, 6.07) is 7.15. The molecule has 0 aromatic heterocycles. The second-order valence-electron chi connectivity index (χ2n) is 8.10. The molecule has 3 aliphatic rings. The summed E-state index contributed by atoms with van der Waals surface area (Å²) in [5, 5.41) is 7.29. The van der Waals surface area contributed by atoms with Gasteiger partial charge in [-0.25, -0.2) is 14.0 Å². The Bertz CT molecular complexity index is 1320. The van der Waals surface area contributed by atoms with E-state index in [-0.39, 0.29) is 23.3 Å². The van der Waals surface area contributed by atoms with Gasteiger partial charge in [-0.1, -0.05) is 17.9 Å². The number of fused-ring (bicyclic) bond motifs is 2. The molecule has 0 aliphatic carbocycles. The van der Waals surface area contributed by atoms with E-state index in [1.165, 1.54) is 12.0 Å². The number of rotatable bonds is 1. The first-order chi connectivity index (χ1) is 16.7. The summed E-state index contributed by atoms with van der Waals surface area (Å²) in [5.74, 6) is 4.40. The molecule has 2 aromatic carbocycles. The van der Waals surface area contributed by atoms with Gasteiger partial charge in [0.25, 0.3) is 11.8 Å². The van der Waals surface area contributed by atoms with Crippen LogP contribution in [0.15, 0.2) is 30.3 Å². The third-order valence-corrected chi connectivity index (χ3v) is 5.62. The monoisotopic (exact) mass is 479 g/mol. The highest BCUT2D eigenvalue weighted by molar-refractivity contribution is 6.06. The van der Waals surface area contributed by atoms with Crippen LogP contribution in [-0.2, 0) is 17.9 Å². The molecule has 5 rings (SSSR count). The minimum Gasteiger partial charge on any atom is -0.494 e. The minimum atomic E-state index is -0.823. The Morgan fingerprint density at radius 1 is 1.00 bits per heavy atom. The molecule has 0 spiro atoms. The number of carbonyl (C=O) groups excluding carboxylic acids is 4. The number of hydrogen-bond acceptors (Lipinski definition) is 5. The maximum absolute atomic E-state index is 13.6. The van der Waals surface area contributed by atoms with Crippen molar-refractivity contribution in [3.8, 4) is 17.6 Å². The van der Waals surface area contributed by atoms with E-state index in [1.807, 2.05) is 6.07 Å². The standard InChI is InChI=1S/C14H12N4O3.C10H10FNO2/c1-18-7-9-6-8(2-4-10(9)16-14(18)21)3-5-11-12(19)17-13(20)15-11;1-12-5-6-3-4-7(14-2)9(11)8(6)10(12)13/h2,4,6,11H,7H2,1H3,(H,16,21)(H2,15,17,19,20);3-4H,5H2,1-2H3/t11-;/m0./s1. The molecular formula is C24H22FN5O5. The molecule has 2 aromatic rings. The third-order valence-electron chi connectivity index (χ3n) is 5.62. The van der Waals surface area contributed by atoms with Crippen molar-refractivity contribution in [2.45, 2.75) is 19.1 Å². The lowest BCUT2D eigenvalue weighted by Crippen LogP contribution is -2.35. The van der Waals surface area contributed by atoms with Gasteiger partial charge in [0, 0.05) is 38.4 Å². The SMILES string of the molecule is CN1Cc2cc(C#C[C@@H]3NC(=O)NC3=O)ccc2NC1=O.COc1ccc2c(c1F)C(=O)N(C)C2. The first kappa shape index (κ1) is 23.6. The van der Waals surface area contributed by atoms with Crippen molar-refractivity contribution in [2.24, 2.45) is 0 Å². The molecule has 0 saturated carbocycles. The number of nitrogens with one attached hydrogen (secondary N) is 3. The fraction of sp³-hybridized carbons (Fsp3) is 0.250. The van der Waals surface area contributed by atoms with Crippen LogP contribution in [-0.4, -0.2) is 60.9 Å². The normalized spacial score (nSPS) is 17.8. The van der Waals surface area contributed by atoms with Crippen molar-refractivity contribution in [3.05, 3.63) is 58.4 Å². The molecular weight excluding hydrogens is 457 g/mol. The number of benzene rings is 2. The molecule has 3 aliphatic heterocycles. The molecule has 180 valence electrons. The van der Waals surface area contributed by atoms with Crippen LogP contribution in [0.4, 0.5) is 19.7 Å². The Hall–Kier alpha value is -4.59. The van der Waals surface area contributed by atoms with E-state index in [0.29, 0.717) is 18.7 Å². The maximum atomic E-state index is 13.6. The van der Waals surface area contributed by atoms with Gasteiger partial charge in [0.05, 0.1) is 12.7 Å². The second-order valence-corrected chi connectivity index (χ2v) is 8.10. The predicted octanol–water partition coefficient (Wildman–Crippen LogP) is 1.64. The van der Waals surface area contributed by atoms with Crippen LogP contribution in [0.2, 0.25) is 0 Å². The van der Waals surface area contributed by atoms with Crippen molar-refractivity contribution in [1.29, 1.82) is 0 Å². The van der Waals surface area contributed by atoms with Crippen molar-refractivity contribution in [2.75, 3.05) is 26.5 Å². The van der Waals surface area contributed by atoms with Gasteiger partial charge in [-0.2, -0.15) is 0 Å². The van der Waals surface area contributed by atoms with Gasteiger partial charge in [-0.05, 0) is 35.4 Å². The summed E-state index contributed by atoms with van der Waals surface area (Å²) in [6.45, 7) is 0.965. The molecule has 0 bridgehead atoms. The van der Waals surface area contributed by atoms with Gasteiger partial charge >= 0.3 is 12.1 Å². The van der Waals surface area contributed by atoms with E-state index < -0.39 is 23.8 Å². The number of urea groups is 2. The molecule has 0 radical (unpaired) electrons. The van der Waals surface area contributed by atoms with Crippen molar-refractivity contribution in [1.82, 2.24) is 20.4 Å². The lowest BCUT2D eigenvalue weighted by molar-refractivity contribution is -0.119. The molecule has 1 atom stereocenters. The van der Waals surface area contributed by atoms with Crippen LogP contribution in [0, 0.1) is 17.7 Å². The molecule has 3 N–H and O–H groups in total. The summed E-state index contributed by atoms with van der Waals surface area (Å²) in [7, 11) is 4.73. The van der Waals surface area contributed by atoms with Crippen LogP contribution >= 0.6 is 0 Å². The van der Waals surface area contributed by atoms with Gasteiger partial charge in [0.1, 0.15) is 0 Å². The Morgan fingerprint density at radius 2 is 1.74 bits per heavy atom. The molecule has 10 nitrogen and oxygen atoms in total. The number of amides is 6. The van der Waals surface area contributed by atoms with Gasteiger partial charge in [-0.15, -0.1) is 0 Å². The summed E-state index contributed by atoms with van der Waals surface area (Å²) in [4.78, 5) is 48.4. The zero-order valence-electron chi connectivity index (χ0n) is 19.2. The Balaban J connectivity index is 0.000000179. The molecule has 1 saturated heterocycles. The van der Waals surface area contributed by atoms with E-state index in [9.17, 15) is 23.6 Å². The summed E-state index contributed by atoms with van der Waals surface area (Å²) >= 11 is 0. The predicted molar refractivity (Wildman–Crippen MR) is 123 cm³/mol. The summed E-state index contributed by atoms with van der Waals surface area (Å²) in [5.41, 5.74) is 3.29. The highest BCUT2D eigenvalue weighted by Gasteiger charge is 2.30. The van der Waals surface area contributed by atoms with E-state index in [1.54, 1.807) is 43.3 Å². The van der Waals surface area contributed by atoms with Crippen LogP contribution in [0.25, 0.3) is 0 Å². The van der Waals surface area contributed by atoms with Gasteiger partial charge < -0.3 is 25.2 Å². The number of ether oxygens (including phenoxy) is 1. The van der Waals surface area contributed by atoms with Crippen LogP contribution in [0.3, 0.4) is 0 Å². The largest absolute Gasteiger partial charge is 0.494 e. The average molecular weight is 479 g/mol. The van der Waals surface area contributed by atoms with Gasteiger partial charge in [-0.3, -0.25) is 14.9 Å². The van der Waals surface area contributed by atoms with Crippen molar-refractivity contribution in [3.63, 3.8) is 0 Å². The fourth-order valence-corrected chi connectivity index (χ4v) is 3.77. The second kappa shape index (κ2) is 9.34. The van der Waals surface area contributed by atoms with E-state index in [2.05, 4.69) is 27.8 Å². The van der Waals surface area contributed by atoms with Crippen LogP contribution < -0.4 is 20.7 Å². The highest BCUT2D eigenvalue weighted by atomic mass is 19.1. The topological polar surface area (TPSA) is 120 Å². The number of nitrogens with zero attached hydrogens (tertiary/aromatic N) is 2. The average Bonchev–Trinajstić information content (AvgIpc) is 3.30. The first-order valence-electron chi connectivity index (χ1n) is 10.6. The Kier molecular flexibility index (Phi) is 6.29. The molecule has 3 heterocycles. The zero-order chi connectivity index (χ0) is 25.3. The van der Waals surface area contributed by atoms with Crippen molar-refractivity contribution < 1.29 is 28.3 Å². The molecule has 6 amide bonds. The smallest absolute Gasteiger partial charge is 0.322 e. The molecule has 35 heavy (non-hydrogen) atoms. The molecule has 11 heteroatoms. The van der Waals surface area contributed by atoms with E-state index in [4.69, 9.17) is 4.74 Å². The van der Waals surface area contributed by atoms with Gasteiger partial charge in [0.2, 0.25) is 0 Å². The zero-order valence-corrected chi connectivity index (χ0v) is 19.2. The number of imide groups is 1. The molecule has 0 unspecified atom stereocenters. The van der Waals surface area contributed by atoms with Crippen molar-refractivity contribution >= 4 is 29.6 Å². The molecule has 1 fully saturated rings. The first-order valence-corrected chi connectivity index (χ1v) is 10.6. The van der Waals surface area contributed by atoms with Crippen LogP contribution in [0.5, 0.6) is 5.75 Å². The third kappa shape index (κ3) is 4.72. The quantitative estimate of drug-likeness (QED) is 0.424. The summed E-state index contributed by atoms with van der Waals surface area (Å²) < 4.78 is 18.4. The number of methoxy groups -OCH3 is 1. The fourth-order valence-electron chi connectivity index (χ4n) is 3.77. The number of anilines is 1. The maximum Gasteiger partial charge on any atom is 0.322 e. The lowest BCUT2D eigenvalue weighted by atomic mass is 10.1. The van der Waals surface area contributed by atoms with Crippen LogP contribution in [0.1, 0.15) is 27.0 Å². The van der Waals surface area contributed by atoms with E-state index >= 15 is 0 Å². The number of carbonyl (C=O) groups is 4. The van der Waals surface area contributed by atoms with Gasteiger partial charge in [0.15, 0.2) is 17.6 Å². The minimum absolute atomic E-state index is 0.118. The highest BCUT2D eigenvalue weighted by Crippen LogP contribution is 2.29. The lowest BCUT2D eigenvalue weighted by Gasteiger charge is -2.25.